The summed E-state index contributed by atoms with van der Waals surface area (Å²) in [5.74, 6) is 0. The highest BCUT2D eigenvalue weighted by molar-refractivity contribution is 9.10. The highest BCUT2D eigenvalue weighted by atomic mass is 79.9. The average Bonchev–Trinajstić information content (AvgIpc) is 3.39. The van der Waals surface area contributed by atoms with E-state index < -0.39 is 10.0 Å². The first-order chi connectivity index (χ1) is 23.9. The summed E-state index contributed by atoms with van der Waals surface area (Å²) in [6.45, 7) is 2.76. The quantitative estimate of drug-likeness (QED) is 0.115. The molecule has 0 bridgehead atoms. The van der Waals surface area contributed by atoms with Crippen LogP contribution >= 0.6 is 39.9 Å². The van der Waals surface area contributed by atoms with Gasteiger partial charge in [-0.2, -0.15) is 0 Å². The van der Waals surface area contributed by atoms with Crippen molar-refractivity contribution < 1.29 is 8.42 Å². The predicted octanol–water partition coefficient (Wildman–Crippen LogP) is 8.80. The fourth-order valence-electron chi connectivity index (χ4n) is 6.55. The molecule has 4 aromatic carbocycles. The van der Waals surface area contributed by atoms with Gasteiger partial charge in [-0.05, 0) is 114 Å². The molecule has 3 N–H and O–H groups in total. The molecule has 0 fully saturated rings. The number of rotatable bonds is 9. The molecule has 50 heavy (non-hydrogen) atoms. The molecule has 0 aliphatic carbocycles. The largest absolute Gasteiger partial charge is 0.341 e. The normalized spacial score (nSPS) is 13.3. The van der Waals surface area contributed by atoms with Crippen LogP contribution in [0.2, 0.25) is 5.15 Å². The van der Waals surface area contributed by atoms with Crippen molar-refractivity contribution >= 4 is 72.7 Å². The number of para-hydroxylation sites is 4. The molecule has 2 aliphatic rings. The lowest BCUT2D eigenvalue weighted by Crippen LogP contribution is -2.28. The van der Waals surface area contributed by atoms with Gasteiger partial charge in [0.05, 0.1) is 4.47 Å². The van der Waals surface area contributed by atoms with E-state index in [1.54, 1.807) is 0 Å². The molecule has 0 saturated carbocycles. The Morgan fingerprint density at radius 3 is 1.50 bits per heavy atom. The molecule has 7 rings (SSSR count). The van der Waals surface area contributed by atoms with Crippen LogP contribution < -0.4 is 20.3 Å². The molecule has 0 unspecified atom stereocenters. The number of halogens is 3. The first kappa shape index (κ1) is 37.8. The number of sulfonamides is 1. The summed E-state index contributed by atoms with van der Waals surface area (Å²) < 4.78 is 28.3. The molecule has 3 heterocycles. The first-order valence-electron chi connectivity index (χ1n) is 16.7. The number of fused-ring (bicyclic) bond motifs is 4. The topological polar surface area (TPSA) is 91.6 Å². The van der Waals surface area contributed by atoms with Gasteiger partial charge in [-0.15, -0.1) is 12.4 Å². The van der Waals surface area contributed by atoms with Gasteiger partial charge < -0.3 is 15.5 Å². The Hall–Kier alpha value is -3.44. The summed E-state index contributed by atoms with van der Waals surface area (Å²) in [5.41, 5.74) is 16.3. The van der Waals surface area contributed by atoms with E-state index in [0.29, 0.717) is 24.0 Å². The molecule has 0 radical (unpaired) electrons. The third-order valence-electron chi connectivity index (χ3n) is 8.97. The smallest absolute Gasteiger partial charge is 0.242 e. The van der Waals surface area contributed by atoms with E-state index in [0.717, 1.165) is 45.2 Å². The van der Waals surface area contributed by atoms with Crippen molar-refractivity contribution in [2.45, 2.75) is 43.4 Å². The summed E-state index contributed by atoms with van der Waals surface area (Å²) in [6.07, 6.45) is 7.16. The third kappa shape index (κ3) is 8.88. The summed E-state index contributed by atoms with van der Waals surface area (Å²) >= 11 is 9.08. The maximum Gasteiger partial charge on any atom is 0.242 e. The number of aromatic nitrogens is 1. The lowest BCUT2D eigenvalue weighted by molar-refractivity contribution is 0.579. The summed E-state index contributed by atoms with van der Waals surface area (Å²) in [7, 11) is -3.65. The number of anilines is 4. The molecule has 1 aromatic heterocycles. The minimum absolute atomic E-state index is 0. The lowest BCUT2D eigenvalue weighted by Gasteiger charge is -2.27. The summed E-state index contributed by atoms with van der Waals surface area (Å²) in [5, 5.41) is 0.229. The van der Waals surface area contributed by atoms with Crippen molar-refractivity contribution in [3.63, 3.8) is 0 Å². The van der Waals surface area contributed by atoms with Gasteiger partial charge in [0, 0.05) is 48.6 Å². The van der Waals surface area contributed by atoms with Crippen molar-refractivity contribution in [3.8, 4) is 0 Å². The highest BCUT2D eigenvalue weighted by Crippen LogP contribution is 2.37. The fraction of sp³-hybridized carbons (Fsp3) is 0.256. The monoisotopic (exact) mass is 793 g/mol. The third-order valence-corrected chi connectivity index (χ3v) is 11.5. The Balaban J connectivity index is 0.000000209. The molecule has 7 nitrogen and oxygen atoms in total. The summed E-state index contributed by atoms with van der Waals surface area (Å²) in [4.78, 5) is 8.72. The van der Waals surface area contributed by atoms with Crippen LogP contribution in [0.1, 0.15) is 35.1 Å². The van der Waals surface area contributed by atoms with Crippen LogP contribution in [0.4, 0.5) is 22.7 Å². The van der Waals surface area contributed by atoms with Crippen LogP contribution in [0.25, 0.3) is 0 Å². The Morgan fingerprint density at radius 1 is 0.700 bits per heavy atom. The Kier molecular flexibility index (Phi) is 13.4. The number of nitrogens with zero attached hydrogens (tertiary/aromatic N) is 3. The molecule has 0 saturated heterocycles. The SMILES string of the molecule is Cl.NCCCN1c2ccccc2CCc2ccccc21.O=S(=O)(NCCCN1c2ccccc2CCc2ccccc21)c1cnc(Cl)c(Br)c1. The van der Waals surface area contributed by atoms with Gasteiger partial charge in [0.2, 0.25) is 10.0 Å². The highest BCUT2D eigenvalue weighted by Gasteiger charge is 2.22. The molecule has 0 atom stereocenters. The minimum Gasteiger partial charge on any atom is -0.341 e. The number of nitrogens with one attached hydrogen (secondary N) is 1. The first-order valence-corrected chi connectivity index (χ1v) is 19.4. The minimum atomic E-state index is -3.65. The molecule has 2 aliphatic heterocycles. The number of hydrogen-bond acceptors (Lipinski definition) is 6. The van der Waals surface area contributed by atoms with Crippen LogP contribution in [0.5, 0.6) is 0 Å². The van der Waals surface area contributed by atoms with Crippen LogP contribution in [0.3, 0.4) is 0 Å². The molecule has 262 valence electrons. The van der Waals surface area contributed by atoms with Crippen molar-refractivity contribution in [2.24, 2.45) is 5.73 Å². The van der Waals surface area contributed by atoms with Crippen molar-refractivity contribution in [1.82, 2.24) is 9.71 Å². The van der Waals surface area contributed by atoms with Crippen LogP contribution in [0.15, 0.2) is 119 Å². The Labute approximate surface area is 315 Å². The van der Waals surface area contributed by atoms with Crippen LogP contribution in [-0.4, -0.2) is 39.6 Å². The fourth-order valence-corrected chi connectivity index (χ4v) is 8.20. The molecule has 5 aromatic rings. The summed E-state index contributed by atoms with van der Waals surface area (Å²) in [6, 6.07) is 35.8. The van der Waals surface area contributed by atoms with E-state index in [4.69, 9.17) is 17.3 Å². The van der Waals surface area contributed by atoms with E-state index in [1.807, 2.05) is 12.1 Å². The number of nitrogens with two attached hydrogens (primary N) is 1. The Morgan fingerprint density at radius 2 is 1.10 bits per heavy atom. The van der Waals surface area contributed by atoms with Crippen LogP contribution in [0, 0.1) is 0 Å². The number of aryl methyl sites for hydroxylation is 4. The van der Waals surface area contributed by atoms with Gasteiger partial charge >= 0.3 is 0 Å². The maximum absolute atomic E-state index is 12.6. The van der Waals surface area contributed by atoms with Crippen LogP contribution in [-0.2, 0) is 35.7 Å². The lowest BCUT2D eigenvalue weighted by atomic mass is 10.0. The standard InChI is InChI=1S/C22H21BrClN3O2S.C17H20N2.ClH/c23-19-14-18(15-25-22(19)24)30(28,29)26-12-5-13-27-20-8-3-1-6-16(20)10-11-17-7-2-4-9-21(17)27;18-12-5-13-19-16-8-3-1-6-14(16)10-11-15-7-2-4-9-17(15)19;/h1-4,6-9,14-15,26H,5,10-13H2;1-4,6-9H,5,10-13,18H2;1H. The van der Waals surface area contributed by atoms with Crippen molar-refractivity contribution in [3.05, 3.63) is 141 Å². The molecular weight excluding hydrogens is 753 g/mol. The van der Waals surface area contributed by atoms with E-state index in [2.05, 4.69) is 120 Å². The molecule has 11 heteroatoms. The van der Waals surface area contributed by atoms with Gasteiger partial charge in [0.15, 0.2) is 0 Å². The van der Waals surface area contributed by atoms with Gasteiger partial charge in [-0.25, -0.2) is 18.1 Å². The van der Waals surface area contributed by atoms with E-state index >= 15 is 0 Å². The molecule has 0 spiro atoms. The van der Waals surface area contributed by atoms with Gasteiger partial charge in [-0.1, -0.05) is 84.4 Å². The molecule has 0 amide bonds. The Bertz CT molecular complexity index is 1920. The van der Waals surface area contributed by atoms with Gasteiger partial charge in [-0.3, -0.25) is 0 Å². The zero-order valence-electron chi connectivity index (χ0n) is 27.8. The predicted molar refractivity (Wildman–Crippen MR) is 212 cm³/mol. The van der Waals surface area contributed by atoms with E-state index in [1.165, 1.54) is 57.3 Å². The van der Waals surface area contributed by atoms with E-state index in [-0.39, 0.29) is 22.5 Å². The second-order valence-corrected chi connectivity index (χ2v) is 15.1. The number of pyridine rings is 1. The van der Waals surface area contributed by atoms with E-state index in [9.17, 15) is 8.42 Å². The zero-order valence-corrected chi connectivity index (χ0v) is 31.7. The van der Waals surface area contributed by atoms with Crippen molar-refractivity contribution in [1.29, 1.82) is 0 Å². The second-order valence-electron chi connectivity index (χ2n) is 12.2. The van der Waals surface area contributed by atoms with Gasteiger partial charge in [0.25, 0.3) is 0 Å². The van der Waals surface area contributed by atoms with Gasteiger partial charge in [0.1, 0.15) is 10.0 Å². The number of benzene rings is 4. The maximum atomic E-state index is 12.6. The van der Waals surface area contributed by atoms with Crippen molar-refractivity contribution in [2.75, 3.05) is 36.0 Å². The molecular formula is C39H42BrCl2N5O2S. The average molecular weight is 796 g/mol. The number of hydrogen-bond donors (Lipinski definition) is 2. The zero-order chi connectivity index (χ0) is 34.2. The second kappa shape index (κ2) is 17.7.